The molecule has 0 saturated heterocycles. The molecule has 0 aliphatic carbocycles. The number of rotatable bonds is 5. The van der Waals surface area contributed by atoms with Gasteiger partial charge in [0, 0.05) is 5.69 Å². The highest BCUT2D eigenvalue weighted by atomic mass is 19.2. The lowest BCUT2D eigenvalue weighted by Gasteiger charge is -2.16. The van der Waals surface area contributed by atoms with Crippen molar-refractivity contribution in [2.24, 2.45) is 0 Å². The van der Waals surface area contributed by atoms with E-state index >= 15 is 0 Å². The molecular weight excluding hydrogens is 337 g/mol. The Bertz CT molecular complexity index is 794. The molecule has 0 unspecified atom stereocenters. The van der Waals surface area contributed by atoms with Gasteiger partial charge in [0.05, 0.1) is 18.4 Å². The molecule has 2 rings (SSSR count). The predicted molar refractivity (Wildman–Crippen MR) is 85.8 cm³/mol. The smallest absolute Gasteiger partial charge is 0.337 e. The molecule has 1 amide bonds. The Morgan fingerprint density at radius 1 is 1.00 bits per heavy atom. The Morgan fingerprint density at radius 2 is 1.64 bits per heavy atom. The fourth-order valence-corrected chi connectivity index (χ4v) is 2.00. The monoisotopic (exact) mass is 352 g/mol. The van der Waals surface area contributed by atoms with Crippen LogP contribution in [0.2, 0.25) is 0 Å². The summed E-state index contributed by atoms with van der Waals surface area (Å²) in [5, 5.41) is 5.02. The van der Waals surface area contributed by atoms with Crippen LogP contribution in [0.25, 0.3) is 0 Å². The minimum absolute atomic E-state index is 0.342. The van der Waals surface area contributed by atoms with Gasteiger partial charge in [-0.05, 0) is 43.3 Å². The second kappa shape index (κ2) is 7.69. The zero-order valence-corrected chi connectivity index (χ0v) is 13.4. The number of nitrogens with one attached hydrogen (secondary N) is 2. The molecule has 0 spiro atoms. The SMILES string of the molecule is COC(=O)c1ccc(N[C@H](C)C(=O)Nc2ccc(F)c(F)c2F)cc1. The van der Waals surface area contributed by atoms with Gasteiger partial charge in [0.2, 0.25) is 5.91 Å². The zero-order chi connectivity index (χ0) is 18.6. The van der Waals surface area contributed by atoms with Gasteiger partial charge in [0.25, 0.3) is 0 Å². The van der Waals surface area contributed by atoms with E-state index in [-0.39, 0.29) is 0 Å². The summed E-state index contributed by atoms with van der Waals surface area (Å²) in [5.41, 5.74) is 0.411. The number of anilines is 2. The van der Waals surface area contributed by atoms with Gasteiger partial charge in [-0.25, -0.2) is 18.0 Å². The third-order valence-corrected chi connectivity index (χ3v) is 3.38. The maximum atomic E-state index is 13.6. The third-order valence-electron chi connectivity index (χ3n) is 3.38. The lowest BCUT2D eigenvalue weighted by atomic mass is 10.2. The second-order valence-electron chi connectivity index (χ2n) is 5.15. The van der Waals surface area contributed by atoms with Gasteiger partial charge in [-0.1, -0.05) is 0 Å². The van der Waals surface area contributed by atoms with E-state index in [1.54, 1.807) is 12.1 Å². The zero-order valence-electron chi connectivity index (χ0n) is 13.4. The average molecular weight is 352 g/mol. The van der Waals surface area contributed by atoms with Crippen molar-refractivity contribution in [1.29, 1.82) is 0 Å². The number of carbonyl (C=O) groups excluding carboxylic acids is 2. The molecule has 2 aromatic rings. The van der Waals surface area contributed by atoms with Gasteiger partial charge in [0.15, 0.2) is 17.5 Å². The normalized spacial score (nSPS) is 11.6. The summed E-state index contributed by atoms with van der Waals surface area (Å²) in [5.74, 6) is -5.61. The first-order valence-electron chi connectivity index (χ1n) is 7.22. The number of esters is 1. The summed E-state index contributed by atoms with van der Waals surface area (Å²) in [4.78, 5) is 23.4. The molecule has 2 N–H and O–H groups in total. The van der Waals surface area contributed by atoms with E-state index in [9.17, 15) is 22.8 Å². The Kier molecular flexibility index (Phi) is 5.63. The highest BCUT2D eigenvalue weighted by Gasteiger charge is 2.18. The fourth-order valence-electron chi connectivity index (χ4n) is 2.00. The number of amides is 1. The molecule has 25 heavy (non-hydrogen) atoms. The van der Waals surface area contributed by atoms with Crippen LogP contribution in [0.15, 0.2) is 36.4 Å². The molecule has 0 saturated carbocycles. The summed E-state index contributed by atoms with van der Waals surface area (Å²) < 4.78 is 44.2. The minimum Gasteiger partial charge on any atom is -0.465 e. The van der Waals surface area contributed by atoms with Crippen molar-refractivity contribution in [3.8, 4) is 0 Å². The molecule has 8 heteroatoms. The van der Waals surface area contributed by atoms with Crippen molar-refractivity contribution in [3.63, 3.8) is 0 Å². The fraction of sp³-hybridized carbons (Fsp3) is 0.176. The van der Waals surface area contributed by atoms with Crippen molar-refractivity contribution in [3.05, 3.63) is 59.4 Å². The minimum atomic E-state index is -1.66. The van der Waals surface area contributed by atoms with E-state index in [2.05, 4.69) is 15.4 Å². The molecule has 0 aliphatic heterocycles. The van der Waals surface area contributed by atoms with Crippen LogP contribution in [0.5, 0.6) is 0 Å². The van der Waals surface area contributed by atoms with Crippen molar-refractivity contribution in [2.45, 2.75) is 13.0 Å². The van der Waals surface area contributed by atoms with Gasteiger partial charge in [-0.2, -0.15) is 0 Å². The third kappa shape index (κ3) is 4.28. The van der Waals surface area contributed by atoms with Crippen molar-refractivity contribution >= 4 is 23.3 Å². The summed E-state index contributed by atoms with van der Waals surface area (Å²) in [7, 11) is 1.26. The largest absolute Gasteiger partial charge is 0.465 e. The van der Waals surface area contributed by atoms with Crippen LogP contribution in [0, 0.1) is 17.5 Å². The molecule has 0 aromatic heterocycles. The van der Waals surface area contributed by atoms with Gasteiger partial charge < -0.3 is 15.4 Å². The highest BCUT2D eigenvalue weighted by molar-refractivity contribution is 5.96. The quantitative estimate of drug-likeness (QED) is 0.640. The number of benzene rings is 2. The summed E-state index contributed by atoms with van der Waals surface area (Å²) in [6.45, 7) is 1.50. The Hall–Kier alpha value is -3.03. The van der Waals surface area contributed by atoms with Crippen LogP contribution in [0.3, 0.4) is 0 Å². The van der Waals surface area contributed by atoms with Gasteiger partial charge in [-0.3, -0.25) is 4.79 Å². The van der Waals surface area contributed by atoms with Crippen LogP contribution in [0.4, 0.5) is 24.5 Å². The topological polar surface area (TPSA) is 67.4 Å². The molecule has 0 radical (unpaired) electrons. The van der Waals surface area contributed by atoms with Crippen molar-refractivity contribution in [1.82, 2.24) is 0 Å². The number of ether oxygens (including phenoxy) is 1. The molecule has 0 bridgehead atoms. The second-order valence-corrected chi connectivity index (χ2v) is 5.15. The highest BCUT2D eigenvalue weighted by Crippen LogP contribution is 2.20. The molecule has 2 aromatic carbocycles. The molecule has 1 atom stereocenters. The molecular formula is C17H15F3N2O3. The van der Waals surface area contributed by atoms with Gasteiger partial charge >= 0.3 is 5.97 Å². The maximum absolute atomic E-state index is 13.6. The maximum Gasteiger partial charge on any atom is 0.337 e. The van der Waals surface area contributed by atoms with E-state index in [0.717, 1.165) is 12.1 Å². The molecule has 0 aliphatic rings. The number of carbonyl (C=O) groups is 2. The molecule has 132 valence electrons. The van der Waals surface area contributed by atoms with E-state index in [1.807, 2.05) is 0 Å². The first-order valence-corrected chi connectivity index (χ1v) is 7.22. The Balaban J connectivity index is 2.03. The Labute approximate surface area is 141 Å². The first kappa shape index (κ1) is 18.3. The molecule has 0 fully saturated rings. The van der Waals surface area contributed by atoms with Crippen LogP contribution < -0.4 is 10.6 Å². The van der Waals surface area contributed by atoms with Crippen LogP contribution >= 0.6 is 0 Å². The standard InChI is InChI=1S/C17H15F3N2O3/c1-9(21-11-5-3-10(4-6-11)17(24)25-2)16(23)22-13-8-7-12(18)14(19)15(13)20/h3-9,21H,1-2H3,(H,22,23)/t9-/m1/s1. The molecule has 0 heterocycles. The first-order chi connectivity index (χ1) is 11.8. The van der Waals surface area contributed by atoms with E-state index < -0.39 is 41.1 Å². The van der Waals surface area contributed by atoms with E-state index in [4.69, 9.17) is 0 Å². The number of hydrogen-bond donors (Lipinski definition) is 2. The molecule has 5 nitrogen and oxygen atoms in total. The summed E-state index contributed by atoms with van der Waals surface area (Å²) >= 11 is 0. The summed E-state index contributed by atoms with van der Waals surface area (Å²) in [6.07, 6.45) is 0. The van der Waals surface area contributed by atoms with Crippen molar-refractivity contribution < 1.29 is 27.5 Å². The van der Waals surface area contributed by atoms with Crippen LogP contribution in [-0.4, -0.2) is 25.0 Å². The summed E-state index contributed by atoms with van der Waals surface area (Å²) in [6, 6.07) is 6.99. The van der Waals surface area contributed by atoms with E-state index in [0.29, 0.717) is 11.3 Å². The van der Waals surface area contributed by atoms with Gasteiger partial charge in [-0.15, -0.1) is 0 Å². The lowest BCUT2D eigenvalue weighted by Crippen LogP contribution is -2.32. The Morgan fingerprint density at radius 3 is 2.24 bits per heavy atom. The predicted octanol–water partition coefficient (Wildman–Crippen LogP) is 3.33. The number of hydrogen-bond acceptors (Lipinski definition) is 4. The van der Waals surface area contributed by atoms with Gasteiger partial charge in [0.1, 0.15) is 6.04 Å². The van der Waals surface area contributed by atoms with Crippen molar-refractivity contribution in [2.75, 3.05) is 17.7 Å². The average Bonchev–Trinajstić information content (AvgIpc) is 2.62. The van der Waals surface area contributed by atoms with E-state index in [1.165, 1.54) is 26.2 Å². The lowest BCUT2D eigenvalue weighted by molar-refractivity contribution is -0.116. The number of halogens is 3. The van der Waals surface area contributed by atoms with Crippen LogP contribution in [0.1, 0.15) is 17.3 Å². The van der Waals surface area contributed by atoms with Crippen LogP contribution in [-0.2, 0) is 9.53 Å². The number of methoxy groups -OCH3 is 1.